The van der Waals surface area contributed by atoms with Gasteiger partial charge in [0.15, 0.2) is 11.9 Å². The van der Waals surface area contributed by atoms with Gasteiger partial charge in [0.1, 0.15) is 72.7 Å². The number of carboxylic acids is 1. The second-order valence-corrected chi connectivity index (χ2v) is 25.1. The van der Waals surface area contributed by atoms with Crippen LogP contribution in [0.25, 0.3) is 0 Å². The average Bonchev–Trinajstić information content (AvgIpc) is 1.50. The summed E-state index contributed by atoms with van der Waals surface area (Å²) in [7, 11) is 0. The summed E-state index contributed by atoms with van der Waals surface area (Å²) in [6, 6.07) is -11.3. The van der Waals surface area contributed by atoms with Crippen LogP contribution < -0.4 is 92.9 Å². The molecule has 0 bridgehead atoms. The number of nitrogens with zero attached hydrogens (tertiary/aromatic N) is 3. The number of carbonyl (C=O) groups is 13. The number of nitrogens with one attached hydrogen (secondary N) is 12. The Hall–Kier alpha value is -10.2. The molecule has 15 atom stereocenters. The van der Waals surface area contributed by atoms with E-state index in [1.807, 2.05) is 0 Å². The molecule has 2 aromatic rings. The van der Waals surface area contributed by atoms with Gasteiger partial charge in [-0.05, 0) is 94.7 Å². The third kappa shape index (κ3) is 32.1. The number of benzene rings is 1. The first-order valence-electron chi connectivity index (χ1n) is 33.2. The summed E-state index contributed by atoms with van der Waals surface area (Å²) in [5, 5.41) is 68.8. The van der Waals surface area contributed by atoms with Crippen LogP contribution in [0.2, 0.25) is 0 Å². The number of imidazole rings is 1. The first-order chi connectivity index (χ1) is 47.4. The molecule has 2 rings (SSSR count). The number of rotatable bonds is 46. The number of carboxylic acid groups (broad SMARTS) is 1. The Bertz CT molecular complexity index is 3140. The van der Waals surface area contributed by atoms with Crippen LogP contribution in [0.15, 0.2) is 46.8 Å². The molecule has 0 spiro atoms. The first kappa shape index (κ1) is 86.8. The molecule has 0 fully saturated rings. The van der Waals surface area contributed by atoms with Gasteiger partial charge in [-0.15, -0.1) is 0 Å². The number of aliphatic imine (C=N–C) groups is 2. The van der Waals surface area contributed by atoms with Crippen LogP contribution in [-0.2, 0) is 75.2 Å². The van der Waals surface area contributed by atoms with Crippen LogP contribution in [0.1, 0.15) is 131 Å². The molecule has 0 radical (unpaired) electrons. The minimum atomic E-state index is -1.98. The number of aromatic amines is 1. The third-order valence-corrected chi connectivity index (χ3v) is 16.0. The summed E-state index contributed by atoms with van der Waals surface area (Å²) >= 11 is 0. The van der Waals surface area contributed by atoms with Crippen molar-refractivity contribution in [2.45, 2.75) is 212 Å². The fourth-order valence-corrected chi connectivity index (χ4v) is 9.84. The Morgan fingerprint density at radius 3 is 1.32 bits per heavy atom. The molecule has 38 heteroatoms. The number of amides is 12. The molecular formula is C63H105N21O17. The van der Waals surface area contributed by atoms with Gasteiger partial charge in [-0.1, -0.05) is 66.5 Å². The number of nitrogens with two attached hydrogens (primary N) is 6. The highest BCUT2D eigenvalue weighted by atomic mass is 16.4. The highest BCUT2D eigenvalue weighted by Crippen LogP contribution is 2.17. The van der Waals surface area contributed by atoms with Gasteiger partial charge < -0.3 is 118 Å². The van der Waals surface area contributed by atoms with Gasteiger partial charge in [-0.3, -0.25) is 72.3 Å². The fraction of sp³-hybridized carbons (Fsp3) is 0.619. The Labute approximate surface area is 585 Å². The number of aromatic nitrogens is 2. The van der Waals surface area contributed by atoms with Gasteiger partial charge in [-0.2, -0.15) is 0 Å². The SMILES string of the molecule is CC[C@H](C)[C@H](NC(=O)[C@H](C)N)C(=O)N[C@H](C(=O)N[C@@H](Cc1ccc(O)cc1)C(=O)N[C@@H](CCCN=C(N)N)C(=O)N[C@H](C(=O)N[C@@H](CCC(N)=O)C(=O)N[C@@H](CCCN=C(N)N)C(=O)N[C@H](C(=O)N[C@@H](CC(C)C)C(=O)N[C@@H](Cc1cnc[nH]1)C(=O)NCC(=O)O)[C@@H](C)CC)[C@@H](C)O)[C@@H](C)O. The number of aromatic hydroxyl groups is 1. The van der Waals surface area contributed by atoms with E-state index in [4.69, 9.17) is 34.4 Å². The minimum Gasteiger partial charge on any atom is -0.508 e. The molecule has 0 aliphatic rings. The molecule has 0 unspecified atom stereocenters. The highest BCUT2D eigenvalue weighted by molar-refractivity contribution is 6.00. The Morgan fingerprint density at radius 1 is 0.495 bits per heavy atom. The van der Waals surface area contributed by atoms with Crippen molar-refractivity contribution in [3.8, 4) is 5.75 Å². The van der Waals surface area contributed by atoms with Crippen LogP contribution in [0.5, 0.6) is 5.75 Å². The normalized spacial score (nSPS) is 15.6. The van der Waals surface area contributed by atoms with E-state index in [0.29, 0.717) is 17.7 Å². The summed E-state index contributed by atoms with van der Waals surface area (Å²) in [6.45, 7) is 13.0. The zero-order valence-electron chi connectivity index (χ0n) is 58.5. The van der Waals surface area contributed by atoms with Crippen LogP contribution in [-0.4, -0.2) is 217 Å². The van der Waals surface area contributed by atoms with Gasteiger partial charge in [0.2, 0.25) is 70.9 Å². The average molecular weight is 1430 g/mol. The van der Waals surface area contributed by atoms with Crippen molar-refractivity contribution in [2.75, 3.05) is 19.6 Å². The predicted octanol–water partition coefficient (Wildman–Crippen LogP) is -6.43. The molecule has 38 nitrogen and oxygen atoms in total. The molecule has 1 aromatic carbocycles. The lowest BCUT2D eigenvalue weighted by Crippen LogP contribution is -2.63. The molecule has 0 aliphatic heterocycles. The van der Waals surface area contributed by atoms with Crippen molar-refractivity contribution in [1.82, 2.24) is 68.5 Å². The van der Waals surface area contributed by atoms with Crippen molar-refractivity contribution >= 4 is 88.8 Å². The highest BCUT2D eigenvalue weighted by Gasteiger charge is 2.39. The summed E-state index contributed by atoms with van der Waals surface area (Å²) in [5.74, 6) is -15.3. The van der Waals surface area contributed by atoms with Crippen molar-refractivity contribution in [2.24, 2.45) is 62.1 Å². The maximum Gasteiger partial charge on any atom is 0.322 e. The molecule has 12 amide bonds. The van der Waals surface area contributed by atoms with Crippen molar-refractivity contribution in [3.63, 3.8) is 0 Å². The molecule has 28 N–H and O–H groups in total. The zero-order chi connectivity index (χ0) is 76.4. The van der Waals surface area contributed by atoms with Crippen LogP contribution in [0.3, 0.4) is 0 Å². The fourth-order valence-electron chi connectivity index (χ4n) is 9.84. The van der Waals surface area contributed by atoms with E-state index in [-0.39, 0.29) is 88.0 Å². The largest absolute Gasteiger partial charge is 0.508 e. The van der Waals surface area contributed by atoms with Gasteiger partial charge in [0, 0.05) is 44.2 Å². The van der Waals surface area contributed by atoms with Crippen molar-refractivity contribution in [3.05, 3.63) is 48.0 Å². The topological polar surface area (TPSA) is 645 Å². The summed E-state index contributed by atoms with van der Waals surface area (Å²) in [6.07, 6.45) is -2.23. The van der Waals surface area contributed by atoms with Gasteiger partial charge in [0.05, 0.1) is 24.6 Å². The monoisotopic (exact) mass is 1430 g/mol. The summed E-state index contributed by atoms with van der Waals surface area (Å²) < 4.78 is 0. The maximum absolute atomic E-state index is 14.6. The molecule has 1 heterocycles. The second kappa shape index (κ2) is 44.0. The van der Waals surface area contributed by atoms with E-state index >= 15 is 0 Å². The molecule has 101 heavy (non-hydrogen) atoms. The number of hydrogen-bond acceptors (Lipinski definition) is 20. The number of guanidine groups is 2. The Balaban J connectivity index is 2.62. The lowest BCUT2D eigenvalue weighted by Gasteiger charge is -2.30. The first-order valence-corrected chi connectivity index (χ1v) is 33.2. The van der Waals surface area contributed by atoms with Crippen LogP contribution in [0, 0.1) is 17.8 Å². The predicted molar refractivity (Wildman–Crippen MR) is 368 cm³/mol. The summed E-state index contributed by atoms with van der Waals surface area (Å²) in [4.78, 5) is 193. The zero-order valence-corrected chi connectivity index (χ0v) is 58.5. The van der Waals surface area contributed by atoms with Crippen LogP contribution >= 0.6 is 0 Å². The molecule has 0 saturated carbocycles. The number of hydrogen-bond donors (Lipinski definition) is 22. The number of phenols is 1. The minimum absolute atomic E-state index is 0.00577. The molecule has 0 aliphatic carbocycles. The number of phenolic OH excluding ortho intramolecular Hbond substituents is 1. The lowest BCUT2D eigenvalue weighted by molar-refractivity contribution is -0.138. The molecule has 1 aromatic heterocycles. The number of primary amides is 1. The van der Waals surface area contributed by atoms with Gasteiger partial charge in [-0.25, -0.2) is 4.98 Å². The second-order valence-electron chi connectivity index (χ2n) is 25.1. The van der Waals surface area contributed by atoms with Crippen molar-refractivity contribution in [1.29, 1.82) is 0 Å². The standard InChI is InChI=1S/C63H105N21O17/c1-10-31(5)47(58(98)79-42(24-30(3)4)56(96)78-44(26-37-27-70-29-74-37)52(92)73-28-46(89)90)82-54(94)39(14-12-22-71-62(66)67)75-53(93)41(20-21-45(65)88)77-60(100)49(34(8)85)83-55(95)40(15-13-23-72-63(68)69)76-57(97)43(25-36-16-18-38(87)19-17-36)80-61(101)50(35(9)86)84-59(99)48(32(6)11-2)81-51(91)33(7)64/h16-19,27,29-35,39-44,47-50,85-87H,10-15,20-26,28,64H2,1-9H3,(H2,65,88)(H,70,74)(H,73,92)(H,75,93)(H,76,97)(H,77,100)(H,78,96)(H,79,98)(H,80,101)(H,81,91)(H,82,94)(H,83,95)(H,84,99)(H,89,90)(H4,66,67,71)(H4,68,69,72)/t31-,32-,33-,34+,35+,39-,40-,41-,42-,43-,44-,47-,48-,49-,50-/m0/s1. The van der Waals surface area contributed by atoms with E-state index < -0.39 is 187 Å². The van der Waals surface area contributed by atoms with Gasteiger partial charge >= 0.3 is 5.97 Å². The molecule has 564 valence electrons. The van der Waals surface area contributed by atoms with E-state index in [1.54, 1.807) is 41.5 Å². The lowest BCUT2D eigenvalue weighted by atomic mass is 9.96. The Kier molecular flexibility index (Phi) is 37.8. The van der Waals surface area contributed by atoms with E-state index in [0.717, 1.165) is 6.92 Å². The maximum atomic E-state index is 14.6. The number of H-pyrrole nitrogens is 1. The smallest absolute Gasteiger partial charge is 0.322 e. The number of carbonyl (C=O) groups excluding carboxylic acids is 12. The number of aliphatic carboxylic acids is 1. The van der Waals surface area contributed by atoms with E-state index in [2.05, 4.69) is 78.4 Å². The summed E-state index contributed by atoms with van der Waals surface area (Å²) in [5.41, 5.74) is 34.2. The van der Waals surface area contributed by atoms with Gasteiger partial charge in [0.25, 0.3) is 0 Å². The number of aliphatic hydroxyl groups is 2. The molecular weight excluding hydrogens is 1320 g/mol. The quantitative estimate of drug-likeness (QED) is 0.0166. The molecule has 0 saturated heterocycles. The van der Waals surface area contributed by atoms with E-state index in [1.165, 1.54) is 50.6 Å². The van der Waals surface area contributed by atoms with Crippen LogP contribution in [0.4, 0.5) is 0 Å². The Morgan fingerprint density at radius 2 is 0.881 bits per heavy atom. The third-order valence-electron chi connectivity index (χ3n) is 16.0. The van der Waals surface area contributed by atoms with E-state index in [9.17, 15) is 82.8 Å². The number of aliphatic hydroxyl groups excluding tert-OH is 2. The van der Waals surface area contributed by atoms with Crippen molar-refractivity contribution < 1.29 is 82.8 Å².